The maximum absolute atomic E-state index is 12.0. The second-order valence-corrected chi connectivity index (χ2v) is 8.61. The molecule has 4 fully saturated rings. The zero-order valence-electron chi connectivity index (χ0n) is 16.7. The van der Waals surface area contributed by atoms with Crippen LogP contribution in [0.1, 0.15) is 44.9 Å². The number of carbonyl (C=O) groups is 1. The average molecular weight is 379 g/mol. The number of hydrogen-bond acceptors (Lipinski definition) is 4. The third-order valence-corrected chi connectivity index (χ3v) is 7.26. The SMILES string of the molecule is CN=C(NC1CCN(C(=O)COC)CC1)NC1C2CCOC2C12CCCC2. The Balaban J connectivity index is 1.31. The van der Waals surface area contributed by atoms with Crippen LogP contribution >= 0.6 is 0 Å². The number of guanidine groups is 1. The average Bonchev–Trinajstić information content (AvgIpc) is 3.34. The molecule has 2 saturated heterocycles. The van der Waals surface area contributed by atoms with Gasteiger partial charge < -0.3 is 25.0 Å². The summed E-state index contributed by atoms with van der Waals surface area (Å²) in [4.78, 5) is 18.4. The summed E-state index contributed by atoms with van der Waals surface area (Å²) in [6.45, 7) is 2.65. The van der Waals surface area contributed by atoms with Crippen LogP contribution in [0.5, 0.6) is 0 Å². The van der Waals surface area contributed by atoms with E-state index >= 15 is 0 Å². The molecule has 2 aliphatic heterocycles. The van der Waals surface area contributed by atoms with Crippen molar-refractivity contribution in [1.29, 1.82) is 0 Å². The smallest absolute Gasteiger partial charge is 0.248 e. The number of rotatable bonds is 4. The van der Waals surface area contributed by atoms with Gasteiger partial charge in [0.25, 0.3) is 0 Å². The fourth-order valence-corrected chi connectivity index (χ4v) is 5.90. The fraction of sp³-hybridized carbons (Fsp3) is 0.900. The third kappa shape index (κ3) is 3.44. The first-order chi connectivity index (χ1) is 13.2. The summed E-state index contributed by atoms with van der Waals surface area (Å²) in [6, 6.07) is 0.847. The molecule has 152 valence electrons. The summed E-state index contributed by atoms with van der Waals surface area (Å²) >= 11 is 0. The molecule has 0 aromatic heterocycles. The van der Waals surface area contributed by atoms with E-state index in [9.17, 15) is 4.79 Å². The number of amides is 1. The standard InChI is InChI=1S/C20H34N4O3/c1-21-19(22-14-5-10-24(11-6-14)16(25)13-26-2)23-17-15-7-12-27-18(15)20(17)8-3-4-9-20/h14-15,17-18H,3-13H2,1-2H3,(H2,21,22,23). The molecule has 7 heteroatoms. The highest BCUT2D eigenvalue weighted by atomic mass is 16.5. The number of ether oxygens (including phenoxy) is 2. The van der Waals surface area contributed by atoms with Crippen molar-refractivity contribution in [2.24, 2.45) is 16.3 Å². The maximum atomic E-state index is 12.0. The van der Waals surface area contributed by atoms with E-state index in [0.29, 0.717) is 29.5 Å². The highest BCUT2D eigenvalue weighted by Crippen LogP contribution is 2.60. The van der Waals surface area contributed by atoms with Crippen LogP contribution in [0.3, 0.4) is 0 Å². The van der Waals surface area contributed by atoms with Crippen molar-refractivity contribution in [2.45, 2.75) is 63.1 Å². The van der Waals surface area contributed by atoms with Crippen molar-refractivity contribution in [1.82, 2.24) is 15.5 Å². The summed E-state index contributed by atoms with van der Waals surface area (Å²) in [6.07, 6.45) is 8.73. The van der Waals surface area contributed by atoms with Crippen molar-refractivity contribution in [3.8, 4) is 0 Å². The first-order valence-electron chi connectivity index (χ1n) is 10.6. The van der Waals surface area contributed by atoms with Crippen LogP contribution in [0.25, 0.3) is 0 Å². The second kappa shape index (κ2) is 7.95. The van der Waals surface area contributed by atoms with Crippen LogP contribution in [0.4, 0.5) is 0 Å². The van der Waals surface area contributed by atoms with Crippen LogP contribution in [0.2, 0.25) is 0 Å². The van der Waals surface area contributed by atoms with Gasteiger partial charge in [-0.1, -0.05) is 12.8 Å². The molecular weight excluding hydrogens is 344 g/mol. The predicted octanol–water partition coefficient (Wildman–Crippen LogP) is 1.14. The van der Waals surface area contributed by atoms with Gasteiger partial charge >= 0.3 is 0 Å². The van der Waals surface area contributed by atoms with E-state index in [-0.39, 0.29) is 12.5 Å². The fourth-order valence-electron chi connectivity index (χ4n) is 5.90. The minimum Gasteiger partial charge on any atom is -0.377 e. The molecule has 1 spiro atoms. The molecule has 0 radical (unpaired) electrons. The van der Waals surface area contributed by atoms with Gasteiger partial charge in [-0.15, -0.1) is 0 Å². The van der Waals surface area contributed by atoms with Crippen LogP contribution < -0.4 is 10.6 Å². The Morgan fingerprint density at radius 1 is 1.22 bits per heavy atom. The Hall–Kier alpha value is -1.34. The van der Waals surface area contributed by atoms with E-state index in [1.807, 2.05) is 11.9 Å². The summed E-state index contributed by atoms with van der Waals surface area (Å²) in [5, 5.41) is 7.38. The molecule has 3 atom stereocenters. The Morgan fingerprint density at radius 2 is 1.96 bits per heavy atom. The normalized spacial score (nSPS) is 33.0. The quantitative estimate of drug-likeness (QED) is 0.567. The summed E-state index contributed by atoms with van der Waals surface area (Å²) in [5.41, 5.74) is 0.328. The molecule has 7 nitrogen and oxygen atoms in total. The Labute approximate surface area is 162 Å². The lowest BCUT2D eigenvalue weighted by molar-refractivity contribution is -0.136. The Morgan fingerprint density at radius 3 is 2.63 bits per heavy atom. The van der Waals surface area contributed by atoms with Gasteiger partial charge in [0.2, 0.25) is 5.91 Å². The monoisotopic (exact) mass is 378 g/mol. The van der Waals surface area contributed by atoms with E-state index in [4.69, 9.17) is 9.47 Å². The van der Waals surface area contributed by atoms with Gasteiger partial charge in [-0.3, -0.25) is 9.79 Å². The molecule has 0 aromatic carbocycles. The summed E-state index contributed by atoms with van der Waals surface area (Å²) < 4.78 is 11.1. The van der Waals surface area contributed by atoms with Crippen LogP contribution in [0.15, 0.2) is 4.99 Å². The maximum Gasteiger partial charge on any atom is 0.248 e. The second-order valence-electron chi connectivity index (χ2n) is 8.61. The van der Waals surface area contributed by atoms with Crippen molar-refractivity contribution in [3.63, 3.8) is 0 Å². The molecule has 4 rings (SSSR count). The lowest BCUT2D eigenvalue weighted by Gasteiger charge is -2.57. The zero-order chi connectivity index (χ0) is 18.9. The van der Waals surface area contributed by atoms with Crippen LogP contribution in [-0.2, 0) is 14.3 Å². The lowest BCUT2D eigenvalue weighted by Crippen LogP contribution is -2.69. The third-order valence-electron chi connectivity index (χ3n) is 7.26. The number of nitrogens with zero attached hydrogens (tertiary/aromatic N) is 2. The van der Waals surface area contributed by atoms with Gasteiger partial charge in [0, 0.05) is 57.3 Å². The molecular formula is C20H34N4O3. The molecule has 0 aromatic rings. The zero-order valence-corrected chi connectivity index (χ0v) is 16.7. The van der Waals surface area contributed by atoms with Crippen LogP contribution in [0, 0.1) is 11.3 Å². The van der Waals surface area contributed by atoms with Gasteiger partial charge in [0.05, 0.1) is 6.10 Å². The van der Waals surface area contributed by atoms with Gasteiger partial charge in [-0.05, 0) is 32.1 Å². The van der Waals surface area contributed by atoms with Crippen molar-refractivity contribution < 1.29 is 14.3 Å². The summed E-state index contributed by atoms with van der Waals surface area (Å²) in [7, 11) is 3.43. The van der Waals surface area contributed by atoms with Gasteiger partial charge in [0.1, 0.15) is 6.61 Å². The van der Waals surface area contributed by atoms with E-state index in [0.717, 1.165) is 38.5 Å². The predicted molar refractivity (Wildman–Crippen MR) is 104 cm³/mol. The first-order valence-corrected chi connectivity index (χ1v) is 10.6. The number of aliphatic imine (C=N–C) groups is 1. The topological polar surface area (TPSA) is 75.2 Å². The molecule has 1 amide bonds. The molecule has 2 saturated carbocycles. The molecule has 4 aliphatic rings. The largest absolute Gasteiger partial charge is 0.377 e. The molecule has 2 heterocycles. The highest BCUT2D eigenvalue weighted by molar-refractivity contribution is 5.81. The number of likely N-dealkylation sites (tertiary alicyclic amines) is 1. The molecule has 2 N–H and O–H groups in total. The Bertz CT molecular complexity index is 568. The number of carbonyl (C=O) groups excluding carboxylic acids is 1. The number of methoxy groups -OCH3 is 1. The summed E-state index contributed by atoms with van der Waals surface area (Å²) in [5.74, 6) is 1.64. The molecule has 27 heavy (non-hydrogen) atoms. The van der Waals surface area contributed by atoms with Gasteiger partial charge in [-0.25, -0.2) is 0 Å². The van der Waals surface area contributed by atoms with Gasteiger partial charge in [-0.2, -0.15) is 0 Å². The van der Waals surface area contributed by atoms with Crippen LogP contribution in [-0.4, -0.2) is 75.4 Å². The van der Waals surface area contributed by atoms with Crippen molar-refractivity contribution in [2.75, 3.05) is 40.5 Å². The van der Waals surface area contributed by atoms with E-state index in [1.165, 1.54) is 32.1 Å². The minimum atomic E-state index is 0.0865. The molecule has 2 aliphatic carbocycles. The van der Waals surface area contributed by atoms with Crippen molar-refractivity contribution >= 4 is 11.9 Å². The lowest BCUT2D eigenvalue weighted by atomic mass is 9.54. The number of hydrogen-bond donors (Lipinski definition) is 2. The van der Waals surface area contributed by atoms with Gasteiger partial charge in [0.15, 0.2) is 5.96 Å². The van der Waals surface area contributed by atoms with E-state index in [1.54, 1.807) is 7.11 Å². The minimum absolute atomic E-state index is 0.0865. The van der Waals surface area contributed by atoms with E-state index in [2.05, 4.69) is 15.6 Å². The van der Waals surface area contributed by atoms with Crippen molar-refractivity contribution in [3.05, 3.63) is 0 Å². The molecule has 0 bridgehead atoms. The number of nitrogens with one attached hydrogen (secondary N) is 2. The van der Waals surface area contributed by atoms with E-state index < -0.39 is 0 Å². The first kappa shape index (κ1) is 19.0. The Kier molecular flexibility index (Phi) is 5.60. The highest BCUT2D eigenvalue weighted by Gasteiger charge is 2.65. The number of piperidine rings is 1. The molecule has 3 unspecified atom stereocenters. The number of fused-ring (bicyclic) bond motifs is 2.